The number of carbonyl (C=O) groups excluding carboxylic acids is 2. The Balaban J connectivity index is 1.51. The van der Waals surface area contributed by atoms with Gasteiger partial charge in [-0.2, -0.15) is 0 Å². The molecule has 0 aliphatic carbocycles. The van der Waals surface area contributed by atoms with Crippen molar-refractivity contribution in [2.24, 2.45) is 5.92 Å². The highest BCUT2D eigenvalue weighted by atomic mass is 16.6. The van der Waals surface area contributed by atoms with E-state index in [1.807, 2.05) is 28.8 Å². The summed E-state index contributed by atoms with van der Waals surface area (Å²) in [6.07, 6.45) is 3.94. The van der Waals surface area contributed by atoms with Crippen molar-refractivity contribution in [3.8, 4) is 11.5 Å². The lowest BCUT2D eigenvalue weighted by atomic mass is 10.1. The zero-order valence-corrected chi connectivity index (χ0v) is 21.6. The van der Waals surface area contributed by atoms with Crippen molar-refractivity contribution in [3.63, 3.8) is 0 Å². The number of carbonyl (C=O) groups is 2. The van der Waals surface area contributed by atoms with E-state index in [2.05, 4.69) is 29.5 Å². The van der Waals surface area contributed by atoms with Crippen LogP contribution in [0.1, 0.15) is 46.9 Å². The number of aromatic nitrogens is 2. The highest BCUT2D eigenvalue weighted by Crippen LogP contribution is 2.34. The van der Waals surface area contributed by atoms with Crippen LogP contribution in [0.2, 0.25) is 0 Å². The molecule has 0 bridgehead atoms. The Hall–Kier alpha value is -4.47. The number of nitrogens with zero attached hydrogens (tertiary/aromatic N) is 2. The summed E-state index contributed by atoms with van der Waals surface area (Å²) in [5, 5.41) is 6.85. The third-order valence-corrected chi connectivity index (χ3v) is 6.29. The van der Waals surface area contributed by atoms with Gasteiger partial charge in [0.2, 0.25) is 0 Å². The van der Waals surface area contributed by atoms with E-state index in [1.54, 1.807) is 18.3 Å². The summed E-state index contributed by atoms with van der Waals surface area (Å²) in [6, 6.07) is 10.9. The van der Waals surface area contributed by atoms with Crippen LogP contribution in [0.15, 0.2) is 53.3 Å². The average molecular weight is 519 g/mol. The molecule has 2 N–H and O–H groups in total. The van der Waals surface area contributed by atoms with E-state index >= 15 is 0 Å². The van der Waals surface area contributed by atoms with Gasteiger partial charge >= 0.3 is 5.97 Å². The summed E-state index contributed by atoms with van der Waals surface area (Å²) in [7, 11) is 1.32. The molecule has 0 unspecified atom stereocenters. The number of methoxy groups -OCH3 is 1. The van der Waals surface area contributed by atoms with E-state index in [9.17, 15) is 9.59 Å². The van der Waals surface area contributed by atoms with E-state index in [1.165, 1.54) is 13.4 Å². The Kier molecular flexibility index (Phi) is 7.21. The van der Waals surface area contributed by atoms with E-state index in [0.717, 1.165) is 29.2 Å². The lowest BCUT2D eigenvalue weighted by Crippen LogP contribution is -2.17. The molecule has 4 heterocycles. The maximum Gasteiger partial charge on any atom is 0.356 e. The van der Waals surface area contributed by atoms with Gasteiger partial charge in [-0.05, 0) is 48.2 Å². The van der Waals surface area contributed by atoms with Crippen molar-refractivity contribution in [1.29, 1.82) is 0 Å². The molecule has 0 fully saturated rings. The first kappa shape index (κ1) is 25.2. The molecule has 198 valence electrons. The minimum absolute atomic E-state index is 0.129. The van der Waals surface area contributed by atoms with Crippen LogP contribution in [0.3, 0.4) is 0 Å². The molecule has 0 atom stereocenters. The summed E-state index contributed by atoms with van der Waals surface area (Å²) in [6.45, 7) is 6.32. The molecule has 10 nitrogen and oxygen atoms in total. The summed E-state index contributed by atoms with van der Waals surface area (Å²) in [5.41, 5.74) is 2.86. The topological polar surface area (TPSA) is 117 Å². The summed E-state index contributed by atoms with van der Waals surface area (Å²) in [4.78, 5) is 30.6. The number of hydrogen-bond acceptors (Lipinski definition) is 8. The van der Waals surface area contributed by atoms with E-state index in [0.29, 0.717) is 48.9 Å². The highest BCUT2D eigenvalue weighted by Gasteiger charge is 2.27. The van der Waals surface area contributed by atoms with Gasteiger partial charge in [-0.3, -0.25) is 4.79 Å². The minimum Gasteiger partial charge on any atom is -0.486 e. The molecule has 5 rings (SSSR count). The number of benzene rings is 1. The van der Waals surface area contributed by atoms with Crippen molar-refractivity contribution in [3.05, 3.63) is 65.9 Å². The van der Waals surface area contributed by atoms with Gasteiger partial charge in [0.25, 0.3) is 5.91 Å². The van der Waals surface area contributed by atoms with Crippen molar-refractivity contribution < 1.29 is 28.2 Å². The molecule has 1 amide bonds. The molecule has 1 aromatic carbocycles. The summed E-state index contributed by atoms with van der Waals surface area (Å²) in [5.74, 6) is 0.941. The van der Waals surface area contributed by atoms with Crippen LogP contribution in [-0.2, 0) is 17.8 Å². The van der Waals surface area contributed by atoms with E-state index in [-0.39, 0.29) is 11.5 Å². The molecule has 38 heavy (non-hydrogen) atoms. The Morgan fingerprint density at radius 1 is 1.13 bits per heavy atom. The summed E-state index contributed by atoms with van der Waals surface area (Å²) < 4.78 is 23.5. The van der Waals surface area contributed by atoms with Crippen LogP contribution in [0.25, 0.3) is 11.0 Å². The molecule has 1 aliphatic rings. The van der Waals surface area contributed by atoms with Crippen molar-refractivity contribution in [1.82, 2.24) is 9.55 Å². The second kappa shape index (κ2) is 10.9. The van der Waals surface area contributed by atoms with E-state index in [4.69, 9.17) is 18.6 Å². The predicted molar refractivity (Wildman–Crippen MR) is 142 cm³/mol. The number of hydrogen-bond donors (Lipinski definition) is 2. The van der Waals surface area contributed by atoms with Gasteiger partial charge in [0.15, 0.2) is 23.0 Å². The Labute approximate surface area is 219 Å². The number of aryl methyl sites for hydroxylation is 1. The maximum atomic E-state index is 13.0. The molecule has 0 saturated carbocycles. The van der Waals surface area contributed by atoms with Crippen molar-refractivity contribution in [2.45, 2.75) is 33.4 Å². The number of furan rings is 1. The first-order valence-electron chi connectivity index (χ1n) is 12.5. The number of esters is 1. The van der Waals surface area contributed by atoms with Gasteiger partial charge < -0.3 is 33.8 Å². The zero-order valence-electron chi connectivity index (χ0n) is 21.6. The van der Waals surface area contributed by atoms with Crippen LogP contribution in [0, 0.1) is 5.92 Å². The molecule has 3 aromatic heterocycles. The normalized spacial score (nSPS) is 12.5. The smallest absolute Gasteiger partial charge is 0.356 e. The number of pyridine rings is 1. The zero-order chi connectivity index (χ0) is 26.6. The third kappa shape index (κ3) is 5.15. The maximum absolute atomic E-state index is 13.0. The third-order valence-electron chi connectivity index (χ3n) is 6.29. The molecule has 10 heteroatoms. The minimum atomic E-state index is -0.563. The SMILES string of the molecule is COC(=O)c1c(NC(=O)c2ccco2)c2cc(NCc3ccc4c(c3)OCCO4)cnc2n1CCC(C)C. The first-order valence-corrected chi connectivity index (χ1v) is 12.5. The van der Waals surface area contributed by atoms with E-state index < -0.39 is 11.9 Å². The number of ether oxygens (including phenoxy) is 3. The van der Waals surface area contributed by atoms with Gasteiger partial charge in [0, 0.05) is 18.5 Å². The lowest BCUT2D eigenvalue weighted by Gasteiger charge is -2.19. The molecule has 0 saturated heterocycles. The first-order chi connectivity index (χ1) is 18.4. The molecule has 1 aliphatic heterocycles. The molecular weight excluding hydrogens is 488 g/mol. The van der Waals surface area contributed by atoms with Crippen LogP contribution in [0.4, 0.5) is 11.4 Å². The largest absolute Gasteiger partial charge is 0.486 e. The quantitative estimate of drug-likeness (QED) is 0.294. The fraction of sp³-hybridized carbons (Fsp3) is 0.321. The Bertz CT molecular complexity index is 1460. The standard InChI is InChI=1S/C28H30N4O6/c1-17(2)8-9-32-25(28(34)35-3)24(31-27(33)22-5-4-10-36-22)20-14-19(16-30-26(20)32)29-15-18-6-7-21-23(13-18)38-12-11-37-21/h4-7,10,13-14,16-17,29H,8-9,11-12,15H2,1-3H3,(H,31,33). The molecule has 0 spiro atoms. The number of amides is 1. The second-order valence-corrected chi connectivity index (χ2v) is 9.41. The molecular formula is C28H30N4O6. The number of anilines is 2. The van der Waals surface area contributed by atoms with Gasteiger partial charge in [0.1, 0.15) is 18.9 Å². The molecule has 4 aromatic rings. The van der Waals surface area contributed by atoms with Gasteiger partial charge in [0.05, 0.1) is 30.9 Å². The predicted octanol–water partition coefficient (Wildman–Crippen LogP) is 5.10. The second-order valence-electron chi connectivity index (χ2n) is 9.41. The number of rotatable bonds is 9. The average Bonchev–Trinajstić information content (AvgIpc) is 3.57. The van der Waals surface area contributed by atoms with Gasteiger partial charge in [-0.1, -0.05) is 19.9 Å². The van der Waals surface area contributed by atoms with Crippen LogP contribution < -0.4 is 20.1 Å². The van der Waals surface area contributed by atoms with Crippen LogP contribution >= 0.6 is 0 Å². The van der Waals surface area contributed by atoms with Crippen LogP contribution in [-0.4, -0.2) is 41.8 Å². The lowest BCUT2D eigenvalue weighted by molar-refractivity contribution is 0.0589. The fourth-order valence-corrected chi connectivity index (χ4v) is 4.35. The molecule has 0 radical (unpaired) electrons. The summed E-state index contributed by atoms with van der Waals surface area (Å²) >= 11 is 0. The highest BCUT2D eigenvalue weighted by molar-refractivity contribution is 6.14. The monoisotopic (exact) mass is 518 g/mol. The number of fused-ring (bicyclic) bond motifs is 2. The fourth-order valence-electron chi connectivity index (χ4n) is 4.35. The van der Waals surface area contributed by atoms with Gasteiger partial charge in [-0.15, -0.1) is 0 Å². The van der Waals surface area contributed by atoms with Crippen LogP contribution in [0.5, 0.6) is 11.5 Å². The number of nitrogens with one attached hydrogen (secondary N) is 2. The Morgan fingerprint density at radius 2 is 1.95 bits per heavy atom. The van der Waals surface area contributed by atoms with Crippen molar-refractivity contribution >= 4 is 34.3 Å². The van der Waals surface area contributed by atoms with Gasteiger partial charge in [-0.25, -0.2) is 9.78 Å². The van der Waals surface area contributed by atoms with Crippen molar-refractivity contribution in [2.75, 3.05) is 31.0 Å². The Morgan fingerprint density at radius 3 is 2.68 bits per heavy atom.